The molecule has 1 aromatic carbocycles. The minimum absolute atomic E-state index is 0.0725. The van der Waals surface area contributed by atoms with E-state index >= 15 is 0 Å². The van der Waals surface area contributed by atoms with E-state index in [9.17, 15) is 10.2 Å². The van der Waals surface area contributed by atoms with E-state index in [1.165, 1.54) is 13.3 Å². The van der Waals surface area contributed by atoms with Crippen LogP contribution in [0, 0.1) is 0 Å². The predicted octanol–water partition coefficient (Wildman–Crippen LogP) is 1.58. The van der Waals surface area contributed by atoms with Crippen LogP contribution in [-0.2, 0) is 4.74 Å². The number of H-pyrrole nitrogens is 1. The predicted molar refractivity (Wildman–Crippen MR) is 106 cm³/mol. The van der Waals surface area contributed by atoms with Gasteiger partial charge in [-0.25, -0.2) is 9.97 Å². The molecular formula is C20H21N5O4. The molecule has 0 saturated carbocycles. The topological polar surface area (TPSA) is 131 Å². The summed E-state index contributed by atoms with van der Waals surface area (Å²) in [5.41, 5.74) is 5.85. The standard InChI is InChI=1S/C20H21N5O4/c1-20(27)15(9-28-12-3-2-11-4-6-22-14(11)8-12)29-19(16(20)26)25-7-5-13-17(21)23-10-24-18(13)25/h2-8,10,15-16,19,22,26-27H,9H2,1H3,(H2,21,23,24)/t15-,16+,19-,20-/m1/s1. The first-order valence-corrected chi connectivity index (χ1v) is 9.28. The van der Waals surface area contributed by atoms with Crippen LogP contribution in [0.1, 0.15) is 13.2 Å². The Morgan fingerprint density at radius 2 is 2.17 bits per heavy atom. The first-order valence-electron chi connectivity index (χ1n) is 9.28. The van der Waals surface area contributed by atoms with Crippen molar-refractivity contribution in [2.24, 2.45) is 0 Å². The van der Waals surface area contributed by atoms with E-state index in [4.69, 9.17) is 15.2 Å². The molecule has 1 aliphatic heterocycles. The first kappa shape index (κ1) is 17.9. The minimum atomic E-state index is -1.52. The van der Waals surface area contributed by atoms with Crippen LogP contribution in [0.25, 0.3) is 21.9 Å². The van der Waals surface area contributed by atoms with E-state index in [1.54, 1.807) is 16.8 Å². The summed E-state index contributed by atoms with van der Waals surface area (Å²) in [7, 11) is 0. The monoisotopic (exact) mass is 395 g/mol. The normalized spacial score (nSPS) is 27.1. The number of fused-ring (bicyclic) bond motifs is 2. The number of nitrogens with zero attached hydrogens (tertiary/aromatic N) is 3. The maximum Gasteiger partial charge on any atom is 0.164 e. The van der Waals surface area contributed by atoms with Gasteiger partial charge in [0.05, 0.1) is 5.39 Å². The molecule has 0 unspecified atom stereocenters. The van der Waals surface area contributed by atoms with Gasteiger partial charge >= 0.3 is 0 Å². The fourth-order valence-electron chi connectivity index (χ4n) is 3.77. The summed E-state index contributed by atoms with van der Waals surface area (Å²) in [4.78, 5) is 11.3. The Labute approximate surface area is 165 Å². The maximum atomic E-state index is 10.9. The molecule has 0 spiro atoms. The largest absolute Gasteiger partial charge is 0.491 e. The minimum Gasteiger partial charge on any atom is -0.491 e. The van der Waals surface area contributed by atoms with Gasteiger partial charge in [0, 0.05) is 24.0 Å². The van der Waals surface area contributed by atoms with Crippen LogP contribution >= 0.6 is 0 Å². The van der Waals surface area contributed by atoms with E-state index in [2.05, 4.69) is 15.0 Å². The highest BCUT2D eigenvalue weighted by atomic mass is 16.6. The third kappa shape index (κ3) is 2.82. The molecule has 0 radical (unpaired) electrons. The van der Waals surface area contributed by atoms with Crippen molar-refractivity contribution in [3.63, 3.8) is 0 Å². The van der Waals surface area contributed by atoms with Gasteiger partial charge in [-0.3, -0.25) is 0 Å². The number of nitrogen functional groups attached to an aromatic ring is 1. The molecule has 3 aromatic heterocycles. The number of benzene rings is 1. The van der Waals surface area contributed by atoms with Gasteiger partial charge in [-0.15, -0.1) is 0 Å². The molecule has 0 bridgehead atoms. The summed E-state index contributed by atoms with van der Waals surface area (Å²) in [5.74, 6) is 0.983. The molecule has 1 aliphatic rings. The summed E-state index contributed by atoms with van der Waals surface area (Å²) in [6.07, 6.45) is 2.15. The molecule has 4 heterocycles. The number of nitrogens with one attached hydrogen (secondary N) is 1. The van der Waals surface area contributed by atoms with Crippen molar-refractivity contribution in [2.45, 2.75) is 31.0 Å². The third-order valence-corrected chi connectivity index (χ3v) is 5.57. The van der Waals surface area contributed by atoms with Gasteiger partial charge in [0.25, 0.3) is 0 Å². The average Bonchev–Trinajstić information content (AvgIpc) is 3.39. The van der Waals surface area contributed by atoms with Crippen LogP contribution in [0.15, 0.2) is 49.1 Å². The van der Waals surface area contributed by atoms with E-state index in [1.807, 2.05) is 30.5 Å². The SMILES string of the molecule is C[C@@]1(O)[C@@H](COc2ccc3cc[nH]c3c2)O[C@@H](n2ccc3c(N)ncnc32)[C@@H]1O. The second-order valence-electron chi connectivity index (χ2n) is 7.44. The van der Waals surface area contributed by atoms with Gasteiger partial charge < -0.3 is 35.0 Å². The van der Waals surface area contributed by atoms with Crippen molar-refractivity contribution >= 4 is 27.8 Å². The molecule has 150 valence electrons. The van der Waals surface area contributed by atoms with E-state index in [0.29, 0.717) is 22.6 Å². The van der Waals surface area contributed by atoms with Gasteiger partial charge in [0.1, 0.15) is 48.0 Å². The van der Waals surface area contributed by atoms with Crippen LogP contribution in [0.3, 0.4) is 0 Å². The Balaban J connectivity index is 1.39. The number of aromatic nitrogens is 4. The maximum absolute atomic E-state index is 10.9. The molecule has 1 fully saturated rings. The molecule has 9 nitrogen and oxygen atoms in total. The molecule has 0 amide bonds. The second kappa shape index (κ2) is 6.45. The molecule has 9 heteroatoms. The van der Waals surface area contributed by atoms with Gasteiger partial charge in [-0.05, 0) is 36.6 Å². The Kier molecular flexibility index (Phi) is 3.98. The Bertz CT molecular complexity index is 1180. The van der Waals surface area contributed by atoms with Gasteiger partial charge in [-0.2, -0.15) is 0 Å². The van der Waals surface area contributed by atoms with Gasteiger partial charge in [-0.1, -0.05) is 0 Å². The fraction of sp³-hybridized carbons (Fsp3) is 0.300. The number of nitrogens with two attached hydrogens (primary N) is 1. The molecule has 4 atom stereocenters. The number of aromatic amines is 1. The van der Waals surface area contributed by atoms with Crippen molar-refractivity contribution < 1.29 is 19.7 Å². The smallest absolute Gasteiger partial charge is 0.164 e. The lowest BCUT2D eigenvalue weighted by Crippen LogP contribution is -2.47. The third-order valence-electron chi connectivity index (χ3n) is 5.57. The number of aliphatic hydroxyl groups is 2. The number of hydrogen-bond donors (Lipinski definition) is 4. The Morgan fingerprint density at radius 3 is 3.03 bits per heavy atom. The Morgan fingerprint density at radius 1 is 1.31 bits per heavy atom. The van der Waals surface area contributed by atoms with Crippen molar-refractivity contribution in [3.8, 4) is 5.75 Å². The number of anilines is 1. The Hall–Kier alpha value is -3.14. The molecule has 5 rings (SSSR count). The zero-order chi connectivity index (χ0) is 20.2. The van der Waals surface area contributed by atoms with Gasteiger partial charge in [0.15, 0.2) is 6.23 Å². The summed E-state index contributed by atoms with van der Waals surface area (Å²) in [5, 5.41) is 23.4. The molecular weight excluding hydrogens is 374 g/mol. The molecule has 29 heavy (non-hydrogen) atoms. The summed E-state index contributed by atoms with van der Waals surface area (Å²) in [6, 6.07) is 9.41. The lowest BCUT2D eigenvalue weighted by atomic mass is 9.95. The quantitative estimate of drug-likeness (QED) is 0.412. The molecule has 1 saturated heterocycles. The van der Waals surface area contributed by atoms with Gasteiger partial charge in [0.2, 0.25) is 0 Å². The number of hydrogen-bond acceptors (Lipinski definition) is 7. The summed E-state index contributed by atoms with van der Waals surface area (Å²) >= 11 is 0. The van der Waals surface area contributed by atoms with E-state index in [0.717, 1.165) is 10.9 Å². The van der Waals surface area contributed by atoms with Crippen molar-refractivity contribution in [2.75, 3.05) is 12.3 Å². The van der Waals surface area contributed by atoms with Crippen LogP contribution in [0.5, 0.6) is 5.75 Å². The number of aliphatic hydroxyl groups excluding tert-OH is 1. The lowest BCUT2D eigenvalue weighted by Gasteiger charge is -2.26. The number of ether oxygens (including phenoxy) is 2. The zero-order valence-electron chi connectivity index (χ0n) is 15.7. The average molecular weight is 395 g/mol. The summed E-state index contributed by atoms with van der Waals surface area (Å²) in [6.45, 7) is 1.61. The summed E-state index contributed by atoms with van der Waals surface area (Å²) < 4.78 is 13.5. The zero-order valence-corrected chi connectivity index (χ0v) is 15.7. The highest BCUT2D eigenvalue weighted by molar-refractivity contribution is 5.86. The van der Waals surface area contributed by atoms with E-state index < -0.39 is 24.0 Å². The first-order chi connectivity index (χ1) is 13.9. The van der Waals surface area contributed by atoms with Crippen LogP contribution in [0.4, 0.5) is 5.82 Å². The number of rotatable bonds is 4. The van der Waals surface area contributed by atoms with Crippen LogP contribution in [0.2, 0.25) is 0 Å². The van der Waals surface area contributed by atoms with Crippen molar-refractivity contribution in [1.82, 2.24) is 19.5 Å². The second-order valence-corrected chi connectivity index (χ2v) is 7.44. The van der Waals surface area contributed by atoms with Crippen molar-refractivity contribution in [3.05, 3.63) is 49.1 Å². The van der Waals surface area contributed by atoms with Crippen LogP contribution < -0.4 is 10.5 Å². The highest BCUT2D eigenvalue weighted by Crippen LogP contribution is 2.39. The molecule has 0 aliphatic carbocycles. The molecule has 5 N–H and O–H groups in total. The molecule has 4 aromatic rings. The highest BCUT2D eigenvalue weighted by Gasteiger charge is 2.53. The lowest BCUT2D eigenvalue weighted by molar-refractivity contribution is -0.0765. The van der Waals surface area contributed by atoms with Crippen molar-refractivity contribution in [1.29, 1.82) is 0 Å². The fourth-order valence-corrected chi connectivity index (χ4v) is 3.77. The van der Waals surface area contributed by atoms with E-state index in [-0.39, 0.29) is 6.61 Å². The van der Waals surface area contributed by atoms with Crippen LogP contribution in [-0.4, -0.2) is 54.1 Å².